The number of nitrogens with one attached hydrogen (secondary N) is 2. The first-order valence-electron chi connectivity index (χ1n) is 7.48. The lowest BCUT2D eigenvalue weighted by Gasteiger charge is -2.15. The molecule has 0 aromatic heterocycles. The van der Waals surface area contributed by atoms with Crippen LogP contribution in [0, 0.1) is 0 Å². The number of nitrogens with zero attached hydrogens (tertiary/aromatic N) is 1. The van der Waals surface area contributed by atoms with Crippen molar-refractivity contribution in [2.75, 3.05) is 23.3 Å². The van der Waals surface area contributed by atoms with Gasteiger partial charge < -0.3 is 10.6 Å². The summed E-state index contributed by atoms with van der Waals surface area (Å²) < 4.78 is 37.7. The molecule has 1 fully saturated rings. The topological polar surface area (TPSA) is 61.4 Å². The van der Waals surface area contributed by atoms with Crippen LogP contribution in [0.1, 0.15) is 15.9 Å². The molecule has 1 saturated heterocycles. The van der Waals surface area contributed by atoms with E-state index < -0.39 is 17.6 Å². The molecule has 0 atom stereocenters. The molecule has 1 aliphatic rings. The highest BCUT2D eigenvalue weighted by molar-refractivity contribution is 6.04. The van der Waals surface area contributed by atoms with Gasteiger partial charge in [-0.25, -0.2) is 4.79 Å². The molecule has 0 radical (unpaired) electrons. The van der Waals surface area contributed by atoms with Crippen LogP contribution in [0.3, 0.4) is 0 Å². The number of carbonyl (C=O) groups is 2. The van der Waals surface area contributed by atoms with Gasteiger partial charge in [-0.15, -0.1) is 0 Å². The summed E-state index contributed by atoms with van der Waals surface area (Å²) in [5.41, 5.74) is 0.366. The number of hydrogen-bond donors (Lipinski definition) is 2. The SMILES string of the molecule is O=C(Nc1cccc(N2CCNC2=O)c1)c1ccc(C(F)(F)F)cc1. The fourth-order valence-electron chi connectivity index (χ4n) is 2.48. The van der Waals surface area contributed by atoms with Crippen LogP contribution in [-0.4, -0.2) is 25.0 Å². The highest BCUT2D eigenvalue weighted by atomic mass is 19.4. The Labute approximate surface area is 141 Å². The molecule has 25 heavy (non-hydrogen) atoms. The van der Waals surface area contributed by atoms with E-state index in [1.807, 2.05) is 0 Å². The second-order valence-corrected chi connectivity index (χ2v) is 5.46. The number of hydrogen-bond acceptors (Lipinski definition) is 2. The summed E-state index contributed by atoms with van der Waals surface area (Å²) in [6.07, 6.45) is -4.44. The van der Waals surface area contributed by atoms with Gasteiger partial charge in [-0.2, -0.15) is 13.2 Å². The Kier molecular flexibility index (Phi) is 4.35. The maximum absolute atomic E-state index is 12.6. The number of halogens is 3. The Balaban J connectivity index is 1.74. The zero-order valence-corrected chi connectivity index (χ0v) is 12.9. The lowest BCUT2D eigenvalue weighted by molar-refractivity contribution is -0.137. The molecule has 130 valence electrons. The van der Waals surface area contributed by atoms with Crippen molar-refractivity contribution in [1.29, 1.82) is 0 Å². The molecule has 0 aliphatic carbocycles. The number of benzene rings is 2. The second-order valence-electron chi connectivity index (χ2n) is 5.46. The Morgan fingerprint density at radius 1 is 1.12 bits per heavy atom. The van der Waals surface area contributed by atoms with Crippen molar-refractivity contribution in [3.63, 3.8) is 0 Å². The summed E-state index contributed by atoms with van der Waals surface area (Å²) in [5, 5.41) is 5.30. The quantitative estimate of drug-likeness (QED) is 0.891. The highest BCUT2D eigenvalue weighted by Crippen LogP contribution is 2.29. The van der Waals surface area contributed by atoms with Gasteiger partial charge in [-0.3, -0.25) is 9.69 Å². The third kappa shape index (κ3) is 3.73. The number of anilines is 2. The Bertz CT molecular complexity index is 804. The fourth-order valence-corrected chi connectivity index (χ4v) is 2.48. The average molecular weight is 349 g/mol. The van der Waals surface area contributed by atoms with E-state index in [2.05, 4.69) is 10.6 Å². The van der Waals surface area contributed by atoms with Crippen molar-refractivity contribution < 1.29 is 22.8 Å². The number of carbonyl (C=O) groups excluding carboxylic acids is 2. The molecule has 2 aromatic carbocycles. The van der Waals surface area contributed by atoms with E-state index in [0.717, 1.165) is 24.3 Å². The summed E-state index contributed by atoms with van der Waals surface area (Å²) in [7, 11) is 0. The third-order valence-corrected chi connectivity index (χ3v) is 3.75. The van der Waals surface area contributed by atoms with E-state index in [1.165, 1.54) is 4.90 Å². The van der Waals surface area contributed by atoms with Crippen molar-refractivity contribution in [2.24, 2.45) is 0 Å². The minimum Gasteiger partial charge on any atom is -0.336 e. The van der Waals surface area contributed by atoms with Crippen LogP contribution in [0.15, 0.2) is 48.5 Å². The number of rotatable bonds is 3. The maximum atomic E-state index is 12.6. The maximum Gasteiger partial charge on any atom is 0.416 e. The molecule has 2 N–H and O–H groups in total. The van der Waals surface area contributed by atoms with Crippen molar-refractivity contribution in [1.82, 2.24) is 5.32 Å². The van der Waals surface area contributed by atoms with Gasteiger partial charge in [0.2, 0.25) is 0 Å². The molecule has 0 unspecified atom stereocenters. The lowest BCUT2D eigenvalue weighted by atomic mass is 10.1. The Morgan fingerprint density at radius 3 is 2.44 bits per heavy atom. The van der Waals surface area contributed by atoms with Gasteiger partial charge in [0.15, 0.2) is 0 Å². The fraction of sp³-hybridized carbons (Fsp3) is 0.176. The zero-order valence-electron chi connectivity index (χ0n) is 12.9. The van der Waals surface area contributed by atoms with Crippen LogP contribution < -0.4 is 15.5 Å². The number of alkyl halides is 3. The van der Waals surface area contributed by atoms with Crippen molar-refractivity contribution in [2.45, 2.75) is 6.18 Å². The molecule has 1 aliphatic heterocycles. The smallest absolute Gasteiger partial charge is 0.336 e. The standard InChI is InChI=1S/C17H14F3N3O2/c18-17(19,20)12-6-4-11(5-7-12)15(24)22-13-2-1-3-14(10-13)23-9-8-21-16(23)25/h1-7,10H,8-9H2,(H,21,25)(H,22,24). The minimum absolute atomic E-state index is 0.109. The first-order valence-corrected chi connectivity index (χ1v) is 7.48. The van der Waals surface area contributed by atoms with Crippen LogP contribution in [0.25, 0.3) is 0 Å². The van der Waals surface area contributed by atoms with Crippen molar-refractivity contribution in [3.8, 4) is 0 Å². The molecule has 3 amide bonds. The van der Waals surface area contributed by atoms with Crippen molar-refractivity contribution in [3.05, 3.63) is 59.7 Å². The molecule has 3 rings (SSSR count). The van der Waals surface area contributed by atoms with Crippen LogP contribution in [-0.2, 0) is 6.18 Å². The van der Waals surface area contributed by atoms with Gasteiger partial charge in [-0.05, 0) is 42.5 Å². The van der Waals surface area contributed by atoms with Crippen LogP contribution in [0.2, 0.25) is 0 Å². The predicted molar refractivity (Wildman–Crippen MR) is 86.6 cm³/mol. The van der Waals surface area contributed by atoms with E-state index in [1.54, 1.807) is 24.3 Å². The summed E-state index contributed by atoms with van der Waals surface area (Å²) in [6, 6.07) is 10.4. The van der Waals surface area contributed by atoms with Crippen LogP contribution in [0.5, 0.6) is 0 Å². The summed E-state index contributed by atoms with van der Waals surface area (Å²) in [5.74, 6) is -0.531. The summed E-state index contributed by atoms with van der Waals surface area (Å²) in [4.78, 5) is 25.4. The van der Waals surface area contributed by atoms with Gasteiger partial charge in [-0.1, -0.05) is 6.07 Å². The van der Waals surface area contributed by atoms with Crippen LogP contribution >= 0.6 is 0 Å². The molecule has 1 heterocycles. The molecule has 8 heteroatoms. The summed E-state index contributed by atoms with van der Waals surface area (Å²) >= 11 is 0. The molecule has 2 aromatic rings. The molecule has 0 saturated carbocycles. The molecular formula is C17H14F3N3O2. The number of urea groups is 1. The van der Waals surface area contributed by atoms with Gasteiger partial charge in [0.1, 0.15) is 0 Å². The van der Waals surface area contributed by atoms with Crippen LogP contribution in [0.4, 0.5) is 29.3 Å². The Morgan fingerprint density at radius 2 is 1.84 bits per heavy atom. The largest absolute Gasteiger partial charge is 0.416 e. The third-order valence-electron chi connectivity index (χ3n) is 3.75. The average Bonchev–Trinajstić information content (AvgIpc) is 3.00. The number of amides is 3. The zero-order chi connectivity index (χ0) is 18.0. The monoisotopic (exact) mass is 349 g/mol. The predicted octanol–water partition coefficient (Wildman–Crippen LogP) is 3.49. The van der Waals surface area contributed by atoms with Crippen molar-refractivity contribution >= 4 is 23.3 Å². The first-order chi connectivity index (χ1) is 11.8. The summed E-state index contributed by atoms with van der Waals surface area (Å²) in [6.45, 7) is 1.07. The van der Waals surface area contributed by atoms with Gasteiger partial charge in [0.25, 0.3) is 5.91 Å². The van der Waals surface area contributed by atoms with Gasteiger partial charge in [0, 0.05) is 30.0 Å². The lowest BCUT2D eigenvalue weighted by Crippen LogP contribution is -2.27. The molecule has 5 nitrogen and oxygen atoms in total. The van der Waals surface area contributed by atoms with Gasteiger partial charge in [0.05, 0.1) is 5.56 Å². The van der Waals surface area contributed by atoms with E-state index in [9.17, 15) is 22.8 Å². The van der Waals surface area contributed by atoms with E-state index >= 15 is 0 Å². The molecule has 0 spiro atoms. The van der Waals surface area contributed by atoms with E-state index in [4.69, 9.17) is 0 Å². The second kappa shape index (κ2) is 6.46. The van der Waals surface area contributed by atoms with E-state index in [0.29, 0.717) is 24.5 Å². The Hall–Kier alpha value is -3.03. The molecule has 0 bridgehead atoms. The normalized spacial score (nSPS) is 14.4. The minimum atomic E-state index is -4.44. The van der Waals surface area contributed by atoms with E-state index in [-0.39, 0.29) is 11.6 Å². The molecular weight excluding hydrogens is 335 g/mol. The first kappa shape index (κ1) is 16.8. The highest BCUT2D eigenvalue weighted by Gasteiger charge is 2.30. The van der Waals surface area contributed by atoms with Gasteiger partial charge >= 0.3 is 12.2 Å².